The Balaban J connectivity index is 1.41. The first kappa shape index (κ1) is 26.4. The third-order valence-electron chi connectivity index (χ3n) is 6.53. The van der Waals surface area contributed by atoms with Crippen molar-refractivity contribution in [1.82, 2.24) is 15.2 Å². The van der Waals surface area contributed by atoms with Crippen molar-refractivity contribution < 1.29 is 31.1 Å². The van der Waals surface area contributed by atoms with E-state index in [9.17, 15) is 26.4 Å². The number of sulfone groups is 1. The molecule has 2 aromatic rings. The Hall–Kier alpha value is -2.66. The van der Waals surface area contributed by atoms with E-state index in [0.717, 1.165) is 12.1 Å². The van der Waals surface area contributed by atoms with Crippen LogP contribution in [0.4, 0.5) is 18.0 Å². The Labute approximate surface area is 209 Å². The van der Waals surface area contributed by atoms with Crippen molar-refractivity contribution in [3.8, 4) is 11.3 Å². The molecule has 2 aliphatic rings. The maximum atomic E-state index is 13.1. The van der Waals surface area contributed by atoms with E-state index in [1.807, 2.05) is 0 Å². The molecule has 196 valence electrons. The number of benzene rings is 1. The lowest BCUT2D eigenvalue weighted by Crippen LogP contribution is -2.63. The highest BCUT2D eigenvalue weighted by molar-refractivity contribution is 7.90. The van der Waals surface area contributed by atoms with Crippen molar-refractivity contribution in [3.05, 3.63) is 53.7 Å². The first-order chi connectivity index (χ1) is 16.7. The predicted octanol–water partition coefficient (Wildman–Crippen LogP) is 4.14. The largest absolute Gasteiger partial charge is 0.444 e. The summed E-state index contributed by atoms with van der Waals surface area (Å²) in [6, 6.07) is 9.48. The number of hydrogen-bond donors (Lipinski definition) is 1. The van der Waals surface area contributed by atoms with Crippen LogP contribution in [0.5, 0.6) is 0 Å². The number of amides is 1. The van der Waals surface area contributed by atoms with Crippen LogP contribution in [-0.2, 0) is 26.5 Å². The van der Waals surface area contributed by atoms with Gasteiger partial charge in [-0.15, -0.1) is 0 Å². The molecule has 2 aliphatic heterocycles. The summed E-state index contributed by atoms with van der Waals surface area (Å²) < 4.78 is 70.1. The molecule has 1 spiro atoms. The molecule has 1 aromatic carbocycles. The van der Waals surface area contributed by atoms with E-state index in [-0.39, 0.29) is 22.8 Å². The van der Waals surface area contributed by atoms with Crippen LogP contribution in [0, 0.1) is 11.3 Å². The molecule has 1 N–H and O–H groups in total. The van der Waals surface area contributed by atoms with Crippen LogP contribution < -0.4 is 5.32 Å². The number of rotatable bonds is 5. The third-order valence-corrected chi connectivity index (χ3v) is 8.18. The molecule has 0 saturated carbocycles. The van der Waals surface area contributed by atoms with Crippen LogP contribution >= 0.6 is 0 Å². The van der Waals surface area contributed by atoms with E-state index in [0.29, 0.717) is 43.1 Å². The summed E-state index contributed by atoms with van der Waals surface area (Å²) in [5.41, 5.74) is -0.459. The number of nitrogens with one attached hydrogen (secondary N) is 1. The van der Waals surface area contributed by atoms with Gasteiger partial charge in [0.2, 0.25) is 0 Å². The summed E-state index contributed by atoms with van der Waals surface area (Å²) in [6.07, 6.45) is -4.83. The Bertz CT molecular complexity index is 1220. The molecule has 2 fully saturated rings. The average Bonchev–Trinajstić information content (AvgIpc) is 3.13. The van der Waals surface area contributed by atoms with Gasteiger partial charge in [-0.25, -0.2) is 13.2 Å². The summed E-state index contributed by atoms with van der Waals surface area (Å²) in [7, 11) is -3.54. The number of hydrogen-bond acceptors (Lipinski definition) is 6. The van der Waals surface area contributed by atoms with Gasteiger partial charge >= 0.3 is 12.3 Å². The molecular formula is C25H30F3N3O4S. The summed E-state index contributed by atoms with van der Waals surface area (Å²) in [6.45, 7) is 7.46. The van der Waals surface area contributed by atoms with Crippen LogP contribution in [0.3, 0.4) is 0 Å². The second-order valence-electron chi connectivity index (χ2n) is 10.7. The highest BCUT2D eigenvalue weighted by Crippen LogP contribution is 2.42. The first-order valence-electron chi connectivity index (χ1n) is 11.7. The molecule has 1 unspecified atom stereocenters. The van der Waals surface area contributed by atoms with Crippen LogP contribution in [0.2, 0.25) is 0 Å². The number of aromatic nitrogens is 1. The van der Waals surface area contributed by atoms with Gasteiger partial charge < -0.3 is 15.0 Å². The minimum Gasteiger partial charge on any atom is -0.444 e. The van der Waals surface area contributed by atoms with Crippen molar-refractivity contribution in [2.45, 2.75) is 38.3 Å². The lowest BCUT2D eigenvalue weighted by atomic mass is 9.72. The van der Waals surface area contributed by atoms with Gasteiger partial charge in [0.05, 0.1) is 28.5 Å². The van der Waals surface area contributed by atoms with Gasteiger partial charge in [-0.2, -0.15) is 13.2 Å². The lowest BCUT2D eigenvalue weighted by molar-refractivity contribution is -0.137. The van der Waals surface area contributed by atoms with Crippen LogP contribution in [0.1, 0.15) is 32.0 Å². The van der Waals surface area contributed by atoms with Gasteiger partial charge in [0.1, 0.15) is 5.60 Å². The van der Waals surface area contributed by atoms with E-state index in [1.54, 1.807) is 43.9 Å². The SMILES string of the molecule is CC(C)(C)OC(=O)N1CC2(CNCC2CS(=O)(=O)Cc2cccc(-c3ccc(C(F)(F)F)cc3)n2)C1. The predicted molar refractivity (Wildman–Crippen MR) is 129 cm³/mol. The zero-order valence-electron chi connectivity index (χ0n) is 20.4. The van der Waals surface area contributed by atoms with E-state index >= 15 is 0 Å². The van der Waals surface area contributed by atoms with Crippen molar-refractivity contribution in [3.63, 3.8) is 0 Å². The molecule has 1 amide bonds. The van der Waals surface area contributed by atoms with Crippen molar-refractivity contribution >= 4 is 15.9 Å². The molecule has 36 heavy (non-hydrogen) atoms. The molecule has 4 rings (SSSR count). The van der Waals surface area contributed by atoms with E-state index in [2.05, 4.69) is 10.3 Å². The smallest absolute Gasteiger partial charge is 0.416 e. The number of carbonyl (C=O) groups is 1. The van der Waals surface area contributed by atoms with Gasteiger partial charge in [0.25, 0.3) is 0 Å². The number of likely N-dealkylation sites (tertiary alicyclic amines) is 1. The number of halogens is 3. The topological polar surface area (TPSA) is 88.6 Å². The monoisotopic (exact) mass is 525 g/mol. The molecule has 2 saturated heterocycles. The fourth-order valence-electron chi connectivity index (χ4n) is 4.77. The quantitative estimate of drug-likeness (QED) is 0.632. The third kappa shape index (κ3) is 6.00. The standard InChI is InChI=1S/C25H30F3N3O4S/c1-23(2,3)35-22(32)31-15-24(16-31)14-29-11-19(24)12-36(33,34)13-20-5-4-6-21(30-20)17-7-9-18(10-8-17)25(26,27)28/h4-10,19,29H,11-16H2,1-3H3. The number of ether oxygens (including phenoxy) is 1. The zero-order chi connectivity index (χ0) is 26.4. The fraction of sp³-hybridized carbons (Fsp3) is 0.520. The summed E-state index contributed by atoms with van der Waals surface area (Å²) in [5, 5.41) is 3.27. The average molecular weight is 526 g/mol. The molecule has 1 atom stereocenters. The first-order valence-corrected chi connectivity index (χ1v) is 13.5. The molecule has 11 heteroatoms. The van der Waals surface area contributed by atoms with Gasteiger partial charge in [0.15, 0.2) is 9.84 Å². The van der Waals surface area contributed by atoms with Crippen molar-refractivity contribution in [2.75, 3.05) is 31.9 Å². The highest BCUT2D eigenvalue weighted by atomic mass is 32.2. The molecule has 0 radical (unpaired) electrons. The van der Waals surface area contributed by atoms with Gasteiger partial charge in [-0.3, -0.25) is 4.98 Å². The molecular weight excluding hydrogens is 495 g/mol. The van der Waals surface area contributed by atoms with Gasteiger partial charge in [-0.05, 0) is 57.5 Å². The Morgan fingerprint density at radius 1 is 1.14 bits per heavy atom. The number of carbonyl (C=O) groups excluding carboxylic acids is 1. The molecule has 0 bridgehead atoms. The number of nitrogens with zero attached hydrogens (tertiary/aromatic N) is 2. The van der Waals surface area contributed by atoms with Crippen LogP contribution in [0.25, 0.3) is 11.3 Å². The Morgan fingerprint density at radius 3 is 2.42 bits per heavy atom. The molecule has 7 nitrogen and oxygen atoms in total. The van der Waals surface area contributed by atoms with E-state index < -0.39 is 33.3 Å². The van der Waals surface area contributed by atoms with E-state index in [1.165, 1.54) is 12.1 Å². The zero-order valence-corrected chi connectivity index (χ0v) is 21.2. The maximum Gasteiger partial charge on any atom is 0.416 e. The summed E-state index contributed by atoms with van der Waals surface area (Å²) in [5.74, 6) is -0.475. The minimum atomic E-state index is -4.43. The normalized spacial score (nSPS) is 19.8. The minimum absolute atomic E-state index is 0.0473. The van der Waals surface area contributed by atoms with Crippen molar-refractivity contribution in [2.24, 2.45) is 11.3 Å². The van der Waals surface area contributed by atoms with Crippen LogP contribution in [-0.4, -0.2) is 61.9 Å². The molecule has 3 heterocycles. The maximum absolute atomic E-state index is 13.1. The fourth-order valence-corrected chi connectivity index (χ4v) is 6.59. The Kier molecular flexibility index (Phi) is 6.85. The summed E-state index contributed by atoms with van der Waals surface area (Å²) in [4.78, 5) is 18.3. The highest BCUT2D eigenvalue weighted by Gasteiger charge is 2.54. The second-order valence-corrected chi connectivity index (χ2v) is 12.8. The molecule has 1 aromatic heterocycles. The van der Waals surface area contributed by atoms with Gasteiger partial charge in [0, 0.05) is 30.6 Å². The van der Waals surface area contributed by atoms with Crippen molar-refractivity contribution in [1.29, 1.82) is 0 Å². The van der Waals surface area contributed by atoms with Crippen LogP contribution in [0.15, 0.2) is 42.5 Å². The Morgan fingerprint density at radius 2 is 1.81 bits per heavy atom. The number of pyridine rings is 1. The molecule has 0 aliphatic carbocycles. The van der Waals surface area contributed by atoms with Gasteiger partial charge in [-0.1, -0.05) is 18.2 Å². The summed E-state index contributed by atoms with van der Waals surface area (Å²) >= 11 is 0. The second kappa shape index (κ2) is 9.33. The number of alkyl halides is 3. The van der Waals surface area contributed by atoms with E-state index in [4.69, 9.17) is 4.74 Å². The lowest BCUT2D eigenvalue weighted by Gasteiger charge is -2.50.